The molecule has 0 saturated carbocycles. The Morgan fingerprint density at radius 1 is 1.07 bits per heavy atom. The fraction of sp³-hybridized carbons (Fsp3) is 0.286. The summed E-state index contributed by atoms with van der Waals surface area (Å²) >= 11 is 0. The predicted molar refractivity (Wildman–Crippen MR) is 103 cm³/mol. The molecule has 0 radical (unpaired) electrons. The van der Waals surface area contributed by atoms with Crippen LogP contribution in [0.15, 0.2) is 65.7 Å². The van der Waals surface area contributed by atoms with E-state index in [-0.39, 0.29) is 17.8 Å². The number of nitrogens with one attached hydrogen (secondary N) is 1. The van der Waals surface area contributed by atoms with Gasteiger partial charge >= 0.3 is 0 Å². The van der Waals surface area contributed by atoms with Gasteiger partial charge in [-0.1, -0.05) is 36.4 Å². The Hall–Kier alpha value is -3.15. The predicted octanol–water partition coefficient (Wildman–Crippen LogP) is 4.25. The molecule has 4 rings (SSSR count). The van der Waals surface area contributed by atoms with Crippen LogP contribution in [0.1, 0.15) is 31.2 Å². The molecule has 0 spiro atoms. The minimum atomic E-state index is -0.405. The second-order valence-electron chi connectivity index (χ2n) is 6.98. The molecule has 1 N–H and O–H groups in total. The van der Waals surface area contributed by atoms with Gasteiger partial charge in [0.15, 0.2) is 0 Å². The van der Waals surface area contributed by atoms with E-state index >= 15 is 0 Å². The van der Waals surface area contributed by atoms with Crippen LogP contribution in [-0.4, -0.2) is 21.9 Å². The Morgan fingerprint density at radius 3 is 2.63 bits per heavy atom. The van der Waals surface area contributed by atoms with Gasteiger partial charge in [0.25, 0.3) is 11.6 Å². The van der Waals surface area contributed by atoms with Crippen molar-refractivity contribution in [3.05, 3.63) is 81.4 Å². The molecule has 6 nitrogen and oxygen atoms in total. The second kappa shape index (κ2) is 7.23. The second-order valence-corrected chi connectivity index (χ2v) is 6.98. The van der Waals surface area contributed by atoms with Gasteiger partial charge in [0.1, 0.15) is 6.17 Å². The lowest BCUT2D eigenvalue weighted by molar-refractivity contribution is -0.384. The average Bonchev–Trinajstić information content (AvgIpc) is 2.95. The largest absolute Gasteiger partial charge is 0.361 e. The fourth-order valence-electron chi connectivity index (χ4n) is 3.93. The number of benzene rings is 2. The van der Waals surface area contributed by atoms with E-state index < -0.39 is 4.92 Å². The molecule has 0 unspecified atom stereocenters. The van der Waals surface area contributed by atoms with Gasteiger partial charge in [-0.3, -0.25) is 14.9 Å². The summed E-state index contributed by atoms with van der Waals surface area (Å²) in [7, 11) is 0. The zero-order valence-corrected chi connectivity index (χ0v) is 14.9. The van der Waals surface area contributed by atoms with Crippen LogP contribution in [-0.2, 0) is 11.3 Å². The first-order valence-electron chi connectivity index (χ1n) is 9.21. The fourth-order valence-corrected chi connectivity index (χ4v) is 3.93. The molecule has 2 aromatic rings. The van der Waals surface area contributed by atoms with Gasteiger partial charge in [0.2, 0.25) is 0 Å². The van der Waals surface area contributed by atoms with Gasteiger partial charge in [0.05, 0.1) is 4.92 Å². The Labute approximate surface area is 157 Å². The summed E-state index contributed by atoms with van der Waals surface area (Å²) < 4.78 is 0. The smallest absolute Gasteiger partial charge is 0.271 e. The van der Waals surface area contributed by atoms with Gasteiger partial charge in [-0.15, -0.1) is 0 Å². The van der Waals surface area contributed by atoms with E-state index in [1.807, 2.05) is 35.2 Å². The molecular weight excluding hydrogens is 342 g/mol. The maximum Gasteiger partial charge on any atom is 0.271 e. The van der Waals surface area contributed by atoms with Gasteiger partial charge in [-0.05, 0) is 42.9 Å². The minimum absolute atomic E-state index is 0.0387. The standard InChI is InChI=1S/C21H21N3O3/c25-21-19-12-5-4-11-18(19)20(23(21)14-15-7-2-1-3-8-15)22-16-9-6-10-17(13-16)24(26)27/h1-3,6-10,13,20,22H,4-5,11-12,14H2/t20-/m0/s1. The number of nitro benzene ring substituents is 1. The highest BCUT2D eigenvalue weighted by molar-refractivity contribution is 5.98. The minimum Gasteiger partial charge on any atom is -0.361 e. The number of hydrogen-bond donors (Lipinski definition) is 1. The monoisotopic (exact) mass is 363 g/mol. The van der Waals surface area contributed by atoms with Crippen LogP contribution in [0, 0.1) is 10.1 Å². The van der Waals surface area contributed by atoms with E-state index in [0.29, 0.717) is 12.2 Å². The number of nitrogens with zero attached hydrogens (tertiary/aromatic N) is 2. The number of carbonyl (C=O) groups excluding carboxylic acids is 1. The number of nitro groups is 1. The lowest BCUT2D eigenvalue weighted by Crippen LogP contribution is -2.40. The summed E-state index contributed by atoms with van der Waals surface area (Å²) in [6, 6.07) is 16.4. The van der Waals surface area contributed by atoms with Crippen molar-refractivity contribution in [3.8, 4) is 0 Å². The van der Waals surface area contributed by atoms with E-state index in [2.05, 4.69) is 5.32 Å². The van der Waals surface area contributed by atoms with E-state index in [0.717, 1.165) is 42.4 Å². The first-order chi connectivity index (χ1) is 13.1. The van der Waals surface area contributed by atoms with Crippen LogP contribution >= 0.6 is 0 Å². The Kier molecular flexibility index (Phi) is 4.62. The third-order valence-electron chi connectivity index (χ3n) is 5.23. The molecule has 1 aliphatic carbocycles. The maximum atomic E-state index is 13.0. The molecule has 0 fully saturated rings. The molecule has 0 bridgehead atoms. The first-order valence-corrected chi connectivity index (χ1v) is 9.21. The number of rotatable bonds is 5. The number of carbonyl (C=O) groups is 1. The van der Waals surface area contributed by atoms with Crippen molar-refractivity contribution in [2.24, 2.45) is 0 Å². The molecular formula is C21H21N3O3. The van der Waals surface area contributed by atoms with Crippen molar-refractivity contribution >= 4 is 17.3 Å². The summed E-state index contributed by atoms with van der Waals surface area (Å²) in [5, 5.41) is 14.5. The highest BCUT2D eigenvalue weighted by Crippen LogP contribution is 2.38. The molecule has 6 heteroatoms. The summed E-state index contributed by atoms with van der Waals surface area (Å²) in [4.78, 5) is 25.6. The van der Waals surface area contributed by atoms with Crippen molar-refractivity contribution in [2.45, 2.75) is 38.4 Å². The van der Waals surface area contributed by atoms with E-state index in [1.165, 1.54) is 12.1 Å². The molecule has 138 valence electrons. The average molecular weight is 363 g/mol. The number of hydrogen-bond acceptors (Lipinski definition) is 4. The van der Waals surface area contributed by atoms with Crippen LogP contribution in [0.2, 0.25) is 0 Å². The molecule has 0 aromatic heterocycles. The zero-order valence-electron chi connectivity index (χ0n) is 14.9. The van der Waals surface area contributed by atoms with Crippen LogP contribution in [0.3, 0.4) is 0 Å². The molecule has 2 aliphatic rings. The van der Waals surface area contributed by atoms with Crippen LogP contribution in [0.4, 0.5) is 11.4 Å². The van der Waals surface area contributed by atoms with Gasteiger partial charge in [-0.2, -0.15) is 0 Å². The Bertz CT molecular complexity index is 908. The van der Waals surface area contributed by atoms with Crippen molar-refractivity contribution in [2.75, 3.05) is 5.32 Å². The molecule has 0 saturated heterocycles. The number of amides is 1. The van der Waals surface area contributed by atoms with Gasteiger partial charge < -0.3 is 10.2 Å². The Morgan fingerprint density at radius 2 is 1.85 bits per heavy atom. The molecule has 2 aromatic carbocycles. The van der Waals surface area contributed by atoms with Crippen molar-refractivity contribution in [1.29, 1.82) is 0 Å². The molecule has 1 atom stereocenters. The molecule has 1 amide bonds. The summed E-state index contributed by atoms with van der Waals surface area (Å²) in [6.45, 7) is 0.513. The zero-order chi connectivity index (χ0) is 18.8. The summed E-state index contributed by atoms with van der Waals surface area (Å²) in [6.07, 6.45) is 3.55. The quantitative estimate of drug-likeness (QED) is 0.637. The van der Waals surface area contributed by atoms with Crippen LogP contribution in [0.25, 0.3) is 0 Å². The molecule has 1 heterocycles. The van der Waals surface area contributed by atoms with E-state index in [1.54, 1.807) is 12.1 Å². The molecule has 1 aliphatic heterocycles. The maximum absolute atomic E-state index is 13.0. The SMILES string of the molecule is O=C1C2=C(CCCC2)[C@@H](Nc2cccc([N+](=O)[O-])c2)N1Cc1ccccc1. The lowest BCUT2D eigenvalue weighted by atomic mass is 9.92. The highest BCUT2D eigenvalue weighted by atomic mass is 16.6. The highest BCUT2D eigenvalue weighted by Gasteiger charge is 2.39. The molecule has 27 heavy (non-hydrogen) atoms. The Balaban J connectivity index is 1.65. The lowest BCUT2D eigenvalue weighted by Gasteiger charge is -2.29. The first kappa shape index (κ1) is 17.3. The van der Waals surface area contributed by atoms with E-state index in [9.17, 15) is 14.9 Å². The topological polar surface area (TPSA) is 75.5 Å². The van der Waals surface area contributed by atoms with Gasteiger partial charge in [-0.25, -0.2) is 0 Å². The van der Waals surface area contributed by atoms with Gasteiger partial charge in [0, 0.05) is 29.9 Å². The third-order valence-corrected chi connectivity index (χ3v) is 5.23. The number of non-ortho nitro benzene ring substituents is 1. The van der Waals surface area contributed by atoms with E-state index in [4.69, 9.17) is 0 Å². The van der Waals surface area contributed by atoms with Crippen LogP contribution in [0.5, 0.6) is 0 Å². The summed E-state index contributed by atoms with van der Waals surface area (Å²) in [5.41, 5.74) is 3.81. The van der Waals surface area contributed by atoms with Crippen molar-refractivity contribution in [1.82, 2.24) is 4.90 Å². The van der Waals surface area contributed by atoms with Crippen LogP contribution < -0.4 is 5.32 Å². The summed E-state index contributed by atoms with van der Waals surface area (Å²) in [5.74, 6) is 0.0801. The number of anilines is 1. The normalized spacial score (nSPS) is 19.2. The third kappa shape index (κ3) is 3.43. The van der Waals surface area contributed by atoms with Crippen molar-refractivity contribution < 1.29 is 9.72 Å². The van der Waals surface area contributed by atoms with Crippen molar-refractivity contribution in [3.63, 3.8) is 0 Å².